The van der Waals surface area contributed by atoms with Crippen LogP contribution in [0.2, 0.25) is 5.02 Å². The van der Waals surface area contributed by atoms with Crippen molar-refractivity contribution in [1.29, 1.82) is 0 Å². The second-order valence-corrected chi connectivity index (χ2v) is 8.47. The van der Waals surface area contributed by atoms with Crippen molar-refractivity contribution in [2.24, 2.45) is 7.05 Å². The molecule has 33 heavy (non-hydrogen) atoms. The molecule has 176 valence electrons. The standard InChI is InChI=1S/C22H22ClF3N4O2S/c1-3-4-11-32-16-8-5-14(6-9-16)20-28-29-21(30(20)2)33-13-19(31)27-18-12-15(22(24,25)26)7-10-17(18)23/h5-10,12H,3-4,11,13H2,1-2H3,(H,27,31). The minimum atomic E-state index is -4.53. The van der Waals surface area contributed by atoms with Crippen LogP contribution in [0.5, 0.6) is 5.75 Å². The third-order valence-corrected chi connectivity index (χ3v) is 5.96. The Morgan fingerprint density at radius 3 is 2.58 bits per heavy atom. The van der Waals surface area contributed by atoms with Gasteiger partial charge in [0, 0.05) is 12.6 Å². The SMILES string of the molecule is CCCCOc1ccc(-c2nnc(SCC(=O)Nc3cc(C(F)(F)F)ccc3Cl)n2C)cc1. The van der Waals surface area contributed by atoms with Crippen LogP contribution in [0, 0.1) is 0 Å². The van der Waals surface area contributed by atoms with E-state index >= 15 is 0 Å². The molecule has 0 aliphatic heterocycles. The summed E-state index contributed by atoms with van der Waals surface area (Å²) in [5, 5.41) is 11.2. The summed E-state index contributed by atoms with van der Waals surface area (Å²) >= 11 is 7.04. The summed E-state index contributed by atoms with van der Waals surface area (Å²) in [6.07, 6.45) is -2.49. The van der Waals surface area contributed by atoms with Crippen LogP contribution in [-0.2, 0) is 18.0 Å². The summed E-state index contributed by atoms with van der Waals surface area (Å²) in [5.74, 6) is 0.787. The zero-order chi connectivity index (χ0) is 24.0. The average molecular weight is 499 g/mol. The monoisotopic (exact) mass is 498 g/mol. The van der Waals surface area contributed by atoms with E-state index in [0.29, 0.717) is 17.6 Å². The third kappa shape index (κ3) is 6.64. The van der Waals surface area contributed by atoms with Crippen molar-refractivity contribution in [2.75, 3.05) is 17.7 Å². The summed E-state index contributed by atoms with van der Waals surface area (Å²) < 4.78 is 46.1. The Morgan fingerprint density at radius 1 is 1.18 bits per heavy atom. The van der Waals surface area contributed by atoms with E-state index in [2.05, 4.69) is 22.4 Å². The normalized spacial score (nSPS) is 11.5. The van der Waals surface area contributed by atoms with Crippen LogP contribution in [0.15, 0.2) is 47.6 Å². The molecule has 1 aromatic heterocycles. The van der Waals surface area contributed by atoms with Gasteiger partial charge in [0.2, 0.25) is 5.91 Å². The number of thioether (sulfide) groups is 1. The number of carbonyl (C=O) groups excluding carboxylic acids is 1. The van der Waals surface area contributed by atoms with Gasteiger partial charge in [-0.2, -0.15) is 13.2 Å². The molecule has 0 aliphatic carbocycles. The van der Waals surface area contributed by atoms with Gasteiger partial charge in [0.15, 0.2) is 11.0 Å². The molecule has 1 N–H and O–H groups in total. The molecule has 2 aromatic carbocycles. The van der Waals surface area contributed by atoms with Gasteiger partial charge < -0.3 is 14.6 Å². The first kappa shape index (κ1) is 24.9. The van der Waals surface area contributed by atoms with Crippen molar-refractivity contribution in [1.82, 2.24) is 14.8 Å². The van der Waals surface area contributed by atoms with Crippen LogP contribution in [0.4, 0.5) is 18.9 Å². The molecule has 6 nitrogen and oxygen atoms in total. The largest absolute Gasteiger partial charge is 0.494 e. The predicted molar refractivity (Wildman–Crippen MR) is 123 cm³/mol. The number of hydrogen-bond donors (Lipinski definition) is 1. The highest BCUT2D eigenvalue weighted by Gasteiger charge is 2.31. The lowest BCUT2D eigenvalue weighted by atomic mass is 10.2. The fourth-order valence-electron chi connectivity index (χ4n) is 2.84. The summed E-state index contributed by atoms with van der Waals surface area (Å²) in [6.45, 7) is 2.76. The van der Waals surface area contributed by atoms with Crippen LogP contribution in [-0.4, -0.2) is 33.0 Å². The smallest absolute Gasteiger partial charge is 0.416 e. The van der Waals surface area contributed by atoms with E-state index in [9.17, 15) is 18.0 Å². The van der Waals surface area contributed by atoms with Crippen molar-refractivity contribution >= 4 is 35.0 Å². The quantitative estimate of drug-likeness (QED) is 0.287. The molecule has 0 saturated heterocycles. The number of alkyl halides is 3. The lowest BCUT2D eigenvalue weighted by Crippen LogP contribution is -2.16. The number of nitrogens with zero attached hydrogens (tertiary/aromatic N) is 3. The van der Waals surface area contributed by atoms with Gasteiger partial charge in [-0.1, -0.05) is 36.7 Å². The van der Waals surface area contributed by atoms with Gasteiger partial charge in [-0.3, -0.25) is 4.79 Å². The molecule has 1 amide bonds. The van der Waals surface area contributed by atoms with Gasteiger partial charge in [0.1, 0.15) is 5.75 Å². The molecule has 0 spiro atoms. The number of anilines is 1. The van der Waals surface area contributed by atoms with Crippen molar-refractivity contribution < 1.29 is 22.7 Å². The van der Waals surface area contributed by atoms with E-state index in [4.69, 9.17) is 16.3 Å². The highest BCUT2D eigenvalue weighted by atomic mass is 35.5. The van der Waals surface area contributed by atoms with Crippen molar-refractivity contribution in [3.05, 3.63) is 53.1 Å². The zero-order valence-electron chi connectivity index (χ0n) is 17.9. The Bertz CT molecular complexity index is 1100. The van der Waals surface area contributed by atoms with Gasteiger partial charge in [0.05, 0.1) is 28.6 Å². The first-order valence-corrected chi connectivity index (χ1v) is 11.5. The third-order valence-electron chi connectivity index (χ3n) is 4.61. The summed E-state index contributed by atoms with van der Waals surface area (Å²) in [7, 11) is 1.77. The highest BCUT2D eigenvalue weighted by Crippen LogP contribution is 2.34. The minimum Gasteiger partial charge on any atom is -0.494 e. The Morgan fingerprint density at radius 2 is 1.91 bits per heavy atom. The molecule has 11 heteroatoms. The summed E-state index contributed by atoms with van der Waals surface area (Å²) in [6, 6.07) is 10.2. The van der Waals surface area contributed by atoms with E-state index in [1.165, 1.54) is 0 Å². The Kier molecular flexibility index (Phi) is 8.25. The molecule has 1 heterocycles. The highest BCUT2D eigenvalue weighted by molar-refractivity contribution is 7.99. The molecule has 0 fully saturated rings. The molecular formula is C22H22ClF3N4O2S. The molecule has 0 aliphatic rings. The number of benzene rings is 2. The van der Waals surface area contributed by atoms with E-state index in [0.717, 1.165) is 54.1 Å². The Labute approximate surface area is 198 Å². The van der Waals surface area contributed by atoms with Crippen LogP contribution in [0.3, 0.4) is 0 Å². The minimum absolute atomic E-state index is 0.0180. The van der Waals surface area contributed by atoms with Gasteiger partial charge in [0.25, 0.3) is 0 Å². The van der Waals surface area contributed by atoms with E-state index in [1.54, 1.807) is 11.6 Å². The fraction of sp³-hybridized carbons (Fsp3) is 0.318. The number of halogens is 4. The topological polar surface area (TPSA) is 69.0 Å². The van der Waals surface area contributed by atoms with Gasteiger partial charge in [-0.25, -0.2) is 0 Å². The molecule has 3 aromatic rings. The molecule has 0 unspecified atom stereocenters. The van der Waals surface area contributed by atoms with E-state index in [-0.39, 0.29) is 16.5 Å². The van der Waals surface area contributed by atoms with Crippen LogP contribution in [0.25, 0.3) is 11.4 Å². The number of unbranched alkanes of at least 4 members (excludes halogenated alkanes) is 1. The lowest BCUT2D eigenvalue weighted by molar-refractivity contribution is -0.137. The zero-order valence-corrected chi connectivity index (χ0v) is 19.5. The van der Waals surface area contributed by atoms with E-state index in [1.807, 2.05) is 24.3 Å². The van der Waals surface area contributed by atoms with Crippen LogP contribution < -0.4 is 10.1 Å². The van der Waals surface area contributed by atoms with Crippen molar-refractivity contribution in [2.45, 2.75) is 31.1 Å². The number of ether oxygens (including phenoxy) is 1. The molecule has 3 rings (SSSR count). The number of hydrogen-bond acceptors (Lipinski definition) is 5. The summed E-state index contributed by atoms with van der Waals surface area (Å²) in [4.78, 5) is 12.3. The maximum absolute atomic E-state index is 12.9. The molecular weight excluding hydrogens is 477 g/mol. The Hall–Kier alpha value is -2.72. The number of aromatic nitrogens is 3. The predicted octanol–water partition coefficient (Wildman–Crippen LogP) is 6.06. The second kappa shape index (κ2) is 10.9. The molecule has 0 bridgehead atoms. The van der Waals surface area contributed by atoms with Gasteiger partial charge in [-0.15, -0.1) is 10.2 Å². The number of carbonyl (C=O) groups is 1. The first-order chi connectivity index (χ1) is 15.7. The molecule has 0 radical (unpaired) electrons. The van der Waals surface area contributed by atoms with Crippen molar-refractivity contribution in [3.8, 4) is 17.1 Å². The number of amides is 1. The second-order valence-electron chi connectivity index (χ2n) is 7.12. The van der Waals surface area contributed by atoms with Gasteiger partial charge >= 0.3 is 6.18 Å². The molecule has 0 saturated carbocycles. The van der Waals surface area contributed by atoms with Crippen LogP contribution >= 0.6 is 23.4 Å². The lowest BCUT2D eigenvalue weighted by Gasteiger charge is -2.11. The first-order valence-electron chi connectivity index (χ1n) is 10.1. The average Bonchev–Trinajstić information content (AvgIpc) is 3.14. The maximum Gasteiger partial charge on any atom is 0.416 e. The number of rotatable bonds is 9. The maximum atomic E-state index is 12.9. The summed E-state index contributed by atoms with van der Waals surface area (Å²) in [5.41, 5.74) is -0.161. The van der Waals surface area contributed by atoms with Gasteiger partial charge in [-0.05, 0) is 48.9 Å². The molecule has 0 atom stereocenters. The Balaban J connectivity index is 1.61. The fourth-order valence-corrected chi connectivity index (χ4v) is 3.72. The van der Waals surface area contributed by atoms with Crippen LogP contribution in [0.1, 0.15) is 25.3 Å². The van der Waals surface area contributed by atoms with Crippen molar-refractivity contribution in [3.63, 3.8) is 0 Å². The number of nitrogens with one attached hydrogen (secondary N) is 1. The van der Waals surface area contributed by atoms with E-state index < -0.39 is 17.6 Å².